The van der Waals surface area contributed by atoms with E-state index < -0.39 is 15.9 Å². The van der Waals surface area contributed by atoms with Crippen LogP contribution in [0.4, 0.5) is 4.39 Å². The summed E-state index contributed by atoms with van der Waals surface area (Å²) in [6.07, 6.45) is 0. The fourth-order valence-electron chi connectivity index (χ4n) is 2.04. The van der Waals surface area contributed by atoms with Gasteiger partial charge in [0.1, 0.15) is 11.5 Å². The molecule has 0 aliphatic carbocycles. The molecule has 1 heterocycles. The molecule has 6 nitrogen and oxygen atoms in total. The second-order valence-corrected chi connectivity index (χ2v) is 6.60. The van der Waals surface area contributed by atoms with Crippen LogP contribution in [0.3, 0.4) is 0 Å². The number of hydrogen-bond acceptors (Lipinski definition) is 4. The molecule has 3 rings (SSSR count). The molecule has 0 atom stereocenters. The summed E-state index contributed by atoms with van der Waals surface area (Å²) in [7, 11) is -3.97. The summed E-state index contributed by atoms with van der Waals surface area (Å²) >= 11 is 0. The fraction of sp³-hybridized carbons (Fsp3) is 0. The Labute approximate surface area is 137 Å². The molecule has 0 unspecified atom stereocenters. The van der Waals surface area contributed by atoms with E-state index in [0.29, 0.717) is 11.3 Å². The van der Waals surface area contributed by atoms with Crippen LogP contribution in [0.2, 0.25) is 0 Å². The molecule has 0 saturated carbocycles. The standard InChI is InChI=1S/C16H12FN3O3S/c17-12-8-6-11(7-9-12)14-10-15(19-18-14)16(21)20-24(22,23)13-4-2-1-3-5-13/h1-10H,(H,18,19)(H,20,21). The van der Waals surface area contributed by atoms with E-state index in [-0.39, 0.29) is 16.4 Å². The van der Waals surface area contributed by atoms with Crippen molar-refractivity contribution in [3.8, 4) is 11.3 Å². The predicted octanol–water partition coefficient (Wildman–Crippen LogP) is 2.33. The summed E-state index contributed by atoms with van der Waals surface area (Å²) in [5, 5.41) is 6.41. The van der Waals surface area contributed by atoms with Crippen molar-refractivity contribution in [2.24, 2.45) is 0 Å². The average molecular weight is 345 g/mol. The van der Waals surface area contributed by atoms with Crippen LogP contribution in [0.1, 0.15) is 10.5 Å². The summed E-state index contributed by atoms with van der Waals surface area (Å²) in [6, 6.07) is 14.5. The lowest BCUT2D eigenvalue weighted by Gasteiger charge is -2.05. The number of rotatable bonds is 4. The van der Waals surface area contributed by atoms with Crippen LogP contribution < -0.4 is 4.72 Å². The van der Waals surface area contributed by atoms with Crippen LogP contribution >= 0.6 is 0 Å². The molecule has 0 spiro atoms. The molecule has 1 aromatic heterocycles. The highest BCUT2D eigenvalue weighted by molar-refractivity contribution is 7.90. The Morgan fingerprint density at radius 3 is 2.38 bits per heavy atom. The van der Waals surface area contributed by atoms with E-state index in [1.165, 1.54) is 42.5 Å². The molecule has 0 aliphatic rings. The van der Waals surface area contributed by atoms with Crippen LogP contribution in [0.15, 0.2) is 65.6 Å². The third-order valence-corrected chi connectivity index (χ3v) is 4.59. The van der Waals surface area contributed by atoms with Gasteiger partial charge in [0, 0.05) is 5.56 Å². The molecule has 0 saturated heterocycles. The highest BCUT2D eigenvalue weighted by Gasteiger charge is 2.20. The zero-order valence-corrected chi connectivity index (χ0v) is 13.0. The van der Waals surface area contributed by atoms with Crippen LogP contribution in [-0.4, -0.2) is 24.5 Å². The maximum atomic E-state index is 12.9. The number of hydrogen-bond donors (Lipinski definition) is 2. The second-order valence-electron chi connectivity index (χ2n) is 4.92. The maximum absolute atomic E-state index is 12.9. The number of aromatic amines is 1. The van der Waals surface area contributed by atoms with Gasteiger partial charge in [0.15, 0.2) is 0 Å². The van der Waals surface area contributed by atoms with Gasteiger partial charge < -0.3 is 0 Å². The van der Waals surface area contributed by atoms with E-state index >= 15 is 0 Å². The van der Waals surface area contributed by atoms with Gasteiger partial charge in [-0.1, -0.05) is 18.2 Å². The Hall–Kier alpha value is -3.00. The lowest BCUT2D eigenvalue weighted by Crippen LogP contribution is -2.30. The Balaban J connectivity index is 1.80. The molecular formula is C16H12FN3O3S. The SMILES string of the molecule is O=C(NS(=O)(=O)c1ccccc1)c1cc(-c2ccc(F)cc2)n[nH]1. The summed E-state index contributed by atoms with van der Waals surface area (Å²) in [5.74, 6) is -1.22. The summed E-state index contributed by atoms with van der Waals surface area (Å²) in [5.41, 5.74) is 0.976. The van der Waals surface area contributed by atoms with Crippen molar-refractivity contribution in [2.45, 2.75) is 4.90 Å². The van der Waals surface area contributed by atoms with Crippen LogP contribution in [0.25, 0.3) is 11.3 Å². The molecule has 24 heavy (non-hydrogen) atoms. The number of nitrogens with one attached hydrogen (secondary N) is 2. The lowest BCUT2D eigenvalue weighted by atomic mass is 10.1. The minimum atomic E-state index is -3.97. The number of H-pyrrole nitrogens is 1. The molecule has 2 aromatic carbocycles. The third kappa shape index (κ3) is 3.33. The first-order valence-electron chi connectivity index (χ1n) is 6.89. The maximum Gasteiger partial charge on any atom is 0.283 e. The largest absolute Gasteiger partial charge is 0.283 e. The van der Waals surface area contributed by atoms with Crippen LogP contribution in [0.5, 0.6) is 0 Å². The van der Waals surface area contributed by atoms with Gasteiger partial charge in [-0.25, -0.2) is 17.5 Å². The topological polar surface area (TPSA) is 91.9 Å². The van der Waals surface area contributed by atoms with Gasteiger partial charge in [0.2, 0.25) is 0 Å². The van der Waals surface area contributed by atoms with E-state index in [9.17, 15) is 17.6 Å². The predicted molar refractivity (Wildman–Crippen MR) is 85.1 cm³/mol. The second kappa shape index (κ2) is 6.25. The number of amides is 1. The number of sulfonamides is 1. The number of carbonyl (C=O) groups excluding carboxylic acids is 1. The first kappa shape index (κ1) is 15.9. The van der Waals surface area contributed by atoms with E-state index in [2.05, 4.69) is 10.2 Å². The molecule has 1 amide bonds. The highest BCUT2D eigenvalue weighted by Crippen LogP contribution is 2.18. The van der Waals surface area contributed by atoms with Gasteiger partial charge in [-0.15, -0.1) is 0 Å². The van der Waals surface area contributed by atoms with Gasteiger partial charge in [-0.3, -0.25) is 9.89 Å². The molecule has 2 N–H and O–H groups in total. The van der Waals surface area contributed by atoms with Crippen molar-refractivity contribution in [3.05, 3.63) is 72.2 Å². The Kier molecular flexibility index (Phi) is 4.13. The lowest BCUT2D eigenvalue weighted by molar-refractivity contribution is 0.0976. The van der Waals surface area contributed by atoms with Crippen LogP contribution in [0, 0.1) is 5.82 Å². The Morgan fingerprint density at radius 1 is 1.04 bits per heavy atom. The van der Waals surface area contributed by atoms with Gasteiger partial charge >= 0.3 is 0 Å². The van der Waals surface area contributed by atoms with Gasteiger partial charge in [-0.05, 0) is 42.5 Å². The van der Waals surface area contributed by atoms with Gasteiger partial charge in [0.05, 0.1) is 10.6 Å². The van der Waals surface area contributed by atoms with Crippen molar-refractivity contribution in [2.75, 3.05) is 0 Å². The molecule has 0 aliphatic heterocycles. The molecule has 0 radical (unpaired) electrons. The molecule has 0 fully saturated rings. The first-order valence-corrected chi connectivity index (χ1v) is 8.37. The molecular weight excluding hydrogens is 333 g/mol. The monoisotopic (exact) mass is 345 g/mol. The minimum Gasteiger partial charge on any atom is -0.272 e. The van der Waals surface area contributed by atoms with E-state index in [1.54, 1.807) is 18.2 Å². The molecule has 3 aromatic rings. The number of nitrogens with zero attached hydrogens (tertiary/aromatic N) is 1. The average Bonchev–Trinajstić information content (AvgIpc) is 3.06. The quantitative estimate of drug-likeness (QED) is 0.759. The molecule has 122 valence electrons. The molecule has 0 bridgehead atoms. The van der Waals surface area contributed by atoms with Gasteiger partial charge in [-0.2, -0.15) is 5.10 Å². The Bertz CT molecular complexity index is 967. The van der Waals surface area contributed by atoms with Crippen LogP contribution in [-0.2, 0) is 10.0 Å². The van der Waals surface area contributed by atoms with E-state index in [4.69, 9.17) is 0 Å². The number of carbonyl (C=O) groups is 1. The number of aromatic nitrogens is 2. The highest BCUT2D eigenvalue weighted by atomic mass is 32.2. The zero-order chi connectivity index (χ0) is 17.2. The summed E-state index contributed by atoms with van der Waals surface area (Å²) < 4.78 is 39.1. The van der Waals surface area contributed by atoms with E-state index in [1.807, 2.05) is 4.72 Å². The third-order valence-electron chi connectivity index (χ3n) is 3.24. The zero-order valence-electron chi connectivity index (χ0n) is 12.2. The number of benzene rings is 2. The number of halogens is 1. The molecule has 8 heteroatoms. The van der Waals surface area contributed by atoms with Crippen molar-refractivity contribution in [1.29, 1.82) is 0 Å². The minimum absolute atomic E-state index is 0.0170. The summed E-state index contributed by atoms with van der Waals surface area (Å²) in [4.78, 5) is 12.1. The normalized spacial score (nSPS) is 11.2. The van der Waals surface area contributed by atoms with Crippen molar-refractivity contribution >= 4 is 15.9 Å². The van der Waals surface area contributed by atoms with Crippen molar-refractivity contribution in [3.63, 3.8) is 0 Å². The van der Waals surface area contributed by atoms with Crippen molar-refractivity contribution < 1.29 is 17.6 Å². The smallest absolute Gasteiger partial charge is 0.272 e. The Morgan fingerprint density at radius 2 is 1.71 bits per heavy atom. The van der Waals surface area contributed by atoms with E-state index in [0.717, 1.165) is 0 Å². The van der Waals surface area contributed by atoms with Crippen molar-refractivity contribution in [1.82, 2.24) is 14.9 Å². The van der Waals surface area contributed by atoms with Gasteiger partial charge in [0.25, 0.3) is 15.9 Å². The fourth-order valence-corrected chi connectivity index (χ4v) is 3.03. The first-order chi connectivity index (χ1) is 11.5. The summed E-state index contributed by atoms with van der Waals surface area (Å²) in [6.45, 7) is 0.